The van der Waals surface area contributed by atoms with Crippen LogP contribution >= 0.6 is 0 Å². The van der Waals surface area contributed by atoms with Gasteiger partial charge in [0.05, 0.1) is 6.04 Å². The number of hydrogen-bond acceptors (Lipinski definition) is 5. The van der Waals surface area contributed by atoms with Gasteiger partial charge in [-0.15, -0.1) is 0 Å². The van der Waals surface area contributed by atoms with Crippen LogP contribution in [0.15, 0.2) is 0 Å². The fraction of sp³-hybridized carbons (Fsp3) is 0.800. The SMILES string of the molecule is CC(C)(C)OC(=O)[C@@H]1CCC(C=O)N1C(=O)OC(C)(C)C. The molecule has 1 aliphatic rings. The molecule has 0 aromatic carbocycles. The van der Waals surface area contributed by atoms with Crippen LogP contribution in [0.25, 0.3) is 0 Å². The fourth-order valence-electron chi connectivity index (χ4n) is 2.15. The Hall–Kier alpha value is -1.59. The van der Waals surface area contributed by atoms with E-state index in [-0.39, 0.29) is 0 Å². The molecule has 2 atom stereocenters. The van der Waals surface area contributed by atoms with Gasteiger partial charge in [-0.3, -0.25) is 4.90 Å². The summed E-state index contributed by atoms with van der Waals surface area (Å²) >= 11 is 0. The molecule has 0 aliphatic carbocycles. The molecule has 0 aromatic rings. The lowest BCUT2D eigenvalue weighted by Crippen LogP contribution is -2.49. The molecule has 0 radical (unpaired) electrons. The van der Waals surface area contributed by atoms with E-state index in [0.717, 1.165) is 0 Å². The van der Waals surface area contributed by atoms with Crippen molar-refractivity contribution in [2.75, 3.05) is 0 Å². The number of carbonyl (C=O) groups excluding carboxylic acids is 3. The molecule has 1 saturated heterocycles. The molecule has 6 nitrogen and oxygen atoms in total. The minimum Gasteiger partial charge on any atom is -0.458 e. The first kappa shape index (κ1) is 17.5. The zero-order valence-electron chi connectivity index (χ0n) is 13.6. The molecule has 0 spiro atoms. The molecule has 120 valence electrons. The summed E-state index contributed by atoms with van der Waals surface area (Å²) in [7, 11) is 0. The number of carbonyl (C=O) groups is 3. The van der Waals surface area contributed by atoms with Crippen molar-refractivity contribution in [1.82, 2.24) is 4.90 Å². The Morgan fingerprint density at radius 3 is 1.95 bits per heavy atom. The maximum absolute atomic E-state index is 12.2. The number of nitrogens with zero attached hydrogens (tertiary/aromatic N) is 1. The molecule has 6 heteroatoms. The van der Waals surface area contributed by atoms with Crippen LogP contribution in [-0.2, 0) is 19.1 Å². The molecule has 1 amide bonds. The van der Waals surface area contributed by atoms with Gasteiger partial charge in [0.2, 0.25) is 0 Å². The first-order valence-corrected chi connectivity index (χ1v) is 7.14. The highest BCUT2D eigenvalue weighted by molar-refractivity contribution is 5.85. The lowest BCUT2D eigenvalue weighted by Gasteiger charge is -2.31. The van der Waals surface area contributed by atoms with Gasteiger partial charge in [0, 0.05) is 0 Å². The van der Waals surface area contributed by atoms with E-state index < -0.39 is 35.3 Å². The summed E-state index contributed by atoms with van der Waals surface area (Å²) in [6.07, 6.45) is 0.853. The molecule has 0 bridgehead atoms. The summed E-state index contributed by atoms with van der Waals surface area (Å²) in [5.74, 6) is -0.502. The van der Waals surface area contributed by atoms with Gasteiger partial charge in [-0.2, -0.15) is 0 Å². The Labute approximate surface area is 125 Å². The minimum atomic E-state index is -0.769. The molecular weight excluding hydrogens is 274 g/mol. The van der Waals surface area contributed by atoms with Crippen molar-refractivity contribution >= 4 is 18.3 Å². The van der Waals surface area contributed by atoms with Crippen molar-refractivity contribution in [3.63, 3.8) is 0 Å². The van der Waals surface area contributed by atoms with Gasteiger partial charge in [0.1, 0.15) is 23.5 Å². The van der Waals surface area contributed by atoms with Crippen LogP contribution in [-0.4, -0.2) is 46.5 Å². The molecule has 21 heavy (non-hydrogen) atoms. The van der Waals surface area contributed by atoms with Gasteiger partial charge in [-0.05, 0) is 54.4 Å². The Bertz CT molecular complexity index is 419. The number of amides is 1. The van der Waals surface area contributed by atoms with Crippen LogP contribution in [0.2, 0.25) is 0 Å². The lowest BCUT2D eigenvalue weighted by atomic mass is 10.1. The Balaban J connectivity index is 2.90. The minimum absolute atomic E-state index is 0.400. The fourth-order valence-corrected chi connectivity index (χ4v) is 2.15. The molecule has 0 N–H and O–H groups in total. The second-order valence-electron chi connectivity index (χ2n) is 7.22. The van der Waals surface area contributed by atoms with E-state index in [1.807, 2.05) is 0 Å². The Morgan fingerprint density at radius 1 is 1.00 bits per heavy atom. The van der Waals surface area contributed by atoms with E-state index in [0.29, 0.717) is 19.1 Å². The molecule has 1 aliphatic heterocycles. The smallest absolute Gasteiger partial charge is 0.411 e. The van der Waals surface area contributed by atoms with Crippen LogP contribution in [0.1, 0.15) is 54.4 Å². The monoisotopic (exact) mass is 299 g/mol. The Kier molecular flexibility index (Phi) is 5.02. The number of rotatable bonds is 2. The summed E-state index contributed by atoms with van der Waals surface area (Å²) in [5, 5.41) is 0. The maximum Gasteiger partial charge on any atom is 0.411 e. The molecule has 0 aromatic heterocycles. The number of aldehydes is 1. The normalized spacial score (nSPS) is 22.9. The first-order valence-electron chi connectivity index (χ1n) is 7.14. The second-order valence-corrected chi connectivity index (χ2v) is 7.22. The van der Waals surface area contributed by atoms with Crippen LogP contribution in [0, 0.1) is 0 Å². The van der Waals surface area contributed by atoms with E-state index in [9.17, 15) is 14.4 Å². The van der Waals surface area contributed by atoms with Gasteiger partial charge in [-0.1, -0.05) is 0 Å². The van der Waals surface area contributed by atoms with E-state index in [1.165, 1.54) is 4.90 Å². The van der Waals surface area contributed by atoms with E-state index in [1.54, 1.807) is 41.5 Å². The van der Waals surface area contributed by atoms with Gasteiger partial charge in [-0.25, -0.2) is 9.59 Å². The van der Waals surface area contributed by atoms with Crippen molar-refractivity contribution < 1.29 is 23.9 Å². The number of esters is 1. The average Bonchev–Trinajstić information content (AvgIpc) is 2.67. The topological polar surface area (TPSA) is 72.9 Å². The van der Waals surface area contributed by atoms with Crippen molar-refractivity contribution in [2.24, 2.45) is 0 Å². The van der Waals surface area contributed by atoms with E-state index in [4.69, 9.17) is 9.47 Å². The Morgan fingerprint density at radius 2 is 1.52 bits per heavy atom. The summed E-state index contributed by atoms with van der Waals surface area (Å²) in [6, 6.07) is -1.41. The molecule has 1 unspecified atom stereocenters. The van der Waals surface area contributed by atoms with Crippen LogP contribution in [0.3, 0.4) is 0 Å². The molecule has 1 heterocycles. The zero-order chi connectivity index (χ0) is 16.4. The van der Waals surface area contributed by atoms with Crippen molar-refractivity contribution in [3.8, 4) is 0 Å². The highest BCUT2D eigenvalue weighted by Crippen LogP contribution is 2.27. The van der Waals surface area contributed by atoms with Crippen molar-refractivity contribution in [1.29, 1.82) is 0 Å². The first-order chi connectivity index (χ1) is 9.44. The number of ether oxygens (including phenoxy) is 2. The van der Waals surface area contributed by atoms with Crippen molar-refractivity contribution in [2.45, 2.75) is 77.7 Å². The third kappa shape index (κ3) is 5.02. The largest absolute Gasteiger partial charge is 0.458 e. The van der Waals surface area contributed by atoms with Crippen LogP contribution in [0.4, 0.5) is 4.79 Å². The highest BCUT2D eigenvalue weighted by Gasteiger charge is 2.44. The third-order valence-electron chi connectivity index (χ3n) is 2.87. The molecular formula is C15H25NO5. The highest BCUT2D eigenvalue weighted by atomic mass is 16.6. The van der Waals surface area contributed by atoms with Crippen LogP contribution < -0.4 is 0 Å². The van der Waals surface area contributed by atoms with Gasteiger partial charge < -0.3 is 14.3 Å². The summed E-state index contributed by atoms with van der Waals surface area (Å²) in [5.41, 5.74) is -1.33. The van der Waals surface area contributed by atoms with Gasteiger partial charge in [0.15, 0.2) is 0 Å². The van der Waals surface area contributed by atoms with E-state index in [2.05, 4.69) is 0 Å². The molecule has 0 saturated carbocycles. The second kappa shape index (κ2) is 6.03. The summed E-state index contributed by atoms with van der Waals surface area (Å²) in [6.45, 7) is 10.5. The van der Waals surface area contributed by atoms with Gasteiger partial charge >= 0.3 is 12.1 Å². The predicted molar refractivity (Wildman–Crippen MR) is 76.8 cm³/mol. The van der Waals surface area contributed by atoms with E-state index >= 15 is 0 Å². The summed E-state index contributed by atoms with van der Waals surface area (Å²) in [4.78, 5) is 36.8. The number of hydrogen-bond donors (Lipinski definition) is 0. The maximum atomic E-state index is 12.2. The molecule has 1 fully saturated rings. The van der Waals surface area contributed by atoms with Crippen molar-refractivity contribution in [3.05, 3.63) is 0 Å². The predicted octanol–water partition coefficient (Wildman–Crippen LogP) is 2.30. The zero-order valence-corrected chi connectivity index (χ0v) is 13.6. The molecule has 1 rings (SSSR count). The standard InChI is InChI=1S/C15H25NO5/c1-14(2,3)20-12(18)11-8-7-10(9-17)16(11)13(19)21-15(4,5)6/h9-11H,7-8H2,1-6H3/t10?,11-/m0/s1. The summed E-state index contributed by atoms with van der Waals surface area (Å²) < 4.78 is 10.6. The third-order valence-corrected chi connectivity index (χ3v) is 2.87. The average molecular weight is 299 g/mol. The van der Waals surface area contributed by atoms with Gasteiger partial charge in [0.25, 0.3) is 0 Å². The van der Waals surface area contributed by atoms with Crippen LogP contribution in [0.5, 0.6) is 0 Å². The lowest BCUT2D eigenvalue weighted by molar-refractivity contribution is -0.160. The number of likely N-dealkylation sites (tertiary alicyclic amines) is 1. The quantitative estimate of drug-likeness (QED) is 0.578.